The van der Waals surface area contributed by atoms with Crippen molar-refractivity contribution in [3.05, 3.63) is 59.7 Å². The monoisotopic (exact) mass is 352 g/mol. The molecule has 2 aromatic carbocycles. The number of carbonyl (C=O) groups is 2. The van der Waals surface area contributed by atoms with Crippen molar-refractivity contribution in [2.24, 2.45) is 0 Å². The molecule has 0 heterocycles. The quantitative estimate of drug-likeness (QED) is 0.869. The third-order valence-electron chi connectivity index (χ3n) is 3.31. The molecule has 8 heteroatoms. The number of hydrogen-bond acceptors (Lipinski definition) is 3. The van der Waals surface area contributed by atoms with Gasteiger partial charge in [0.1, 0.15) is 5.75 Å². The molecule has 0 atom stereocenters. The lowest BCUT2D eigenvalue weighted by molar-refractivity contribution is -0.167. The lowest BCUT2D eigenvalue weighted by Crippen LogP contribution is -2.31. The van der Waals surface area contributed by atoms with Gasteiger partial charge in [-0.15, -0.1) is 0 Å². The average molecular weight is 352 g/mol. The van der Waals surface area contributed by atoms with Crippen molar-refractivity contribution in [3.8, 4) is 5.75 Å². The molecule has 0 saturated carbocycles. The lowest BCUT2D eigenvalue weighted by atomic mass is 10.1. The molecule has 0 spiro atoms. The molecule has 0 unspecified atom stereocenters. The maximum atomic E-state index is 12.4. The van der Waals surface area contributed by atoms with E-state index in [9.17, 15) is 22.8 Å². The Morgan fingerprint density at radius 3 is 2.36 bits per heavy atom. The minimum Gasteiger partial charge on any atom is -0.496 e. The molecule has 132 valence electrons. The summed E-state index contributed by atoms with van der Waals surface area (Å²) in [5.74, 6) is -2.15. The van der Waals surface area contributed by atoms with E-state index in [1.165, 1.54) is 25.3 Å². The SMILES string of the molecule is COc1ccccc1C(=O)NCc1ccccc1NC(=O)C(F)(F)F. The predicted molar refractivity (Wildman–Crippen MR) is 85.3 cm³/mol. The van der Waals surface area contributed by atoms with Crippen LogP contribution in [-0.2, 0) is 11.3 Å². The Hall–Kier alpha value is -3.03. The average Bonchev–Trinajstić information content (AvgIpc) is 2.59. The Morgan fingerprint density at radius 1 is 1.04 bits per heavy atom. The van der Waals surface area contributed by atoms with Gasteiger partial charge in [0.05, 0.1) is 12.7 Å². The zero-order valence-corrected chi connectivity index (χ0v) is 13.2. The number of nitrogens with one attached hydrogen (secondary N) is 2. The van der Waals surface area contributed by atoms with Crippen molar-refractivity contribution < 1.29 is 27.5 Å². The maximum absolute atomic E-state index is 12.4. The topological polar surface area (TPSA) is 67.4 Å². The summed E-state index contributed by atoms with van der Waals surface area (Å²) in [7, 11) is 1.42. The van der Waals surface area contributed by atoms with Gasteiger partial charge < -0.3 is 15.4 Å². The summed E-state index contributed by atoms with van der Waals surface area (Å²) in [6, 6.07) is 12.5. The number of methoxy groups -OCH3 is 1. The van der Waals surface area contributed by atoms with Crippen LogP contribution in [0.1, 0.15) is 15.9 Å². The Labute approximate surface area is 141 Å². The van der Waals surface area contributed by atoms with Gasteiger partial charge in [0.25, 0.3) is 5.91 Å². The summed E-state index contributed by atoms with van der Waals surface area (Å²) in [5.41, 5.74) is 0.607. The number of alkyl halides is 3. The van der Waals surface area contributed by atoms with Crippen molar-refractivity contribution in [1.82, 2.24) is 5.32 Å². The van der Waals surface area contributed by atoms with Crippen LogP contribution >= 0.6 is 0 Å². The van der Waals surface area contributed by atoms with E-state index in [2.05, 4.69) is 5.32 Å². The van der Waals surface area contributed by atoms with E-state index in [1.807, 2.05) is 0 Å². The van der Waals surface area contributed by atoms with E-state index in [0.29, 0.717) is 16.9 Å². The maximum Gasteiger partial charge on any atom is 0.471 e. The zero-order chi connectivity index (χ0) is 18.4. The highest BCUT2D eigenvalue weighted by Gasteiger charge is 2.38. The molecule has 2 aromatic rings. The van der Waals surface area contributed by atoms with Gasteiger partial charge in [0, 0.05) is 12.2 Å². The van der Waals surface area contributed by atoms with E-state index in [-0.39, 0.29) is 12.2 Å². The molecule has 0 saturated heterocycles. The van der Waals surface area contributed by atoms with Crippen LogP contribution in [0.2, 0.25) is 0 Å². The van der Waals surface area contributed by atoms with Crippen molar-refractivity contribution in [1.29, 1.82) is 0 Å². The number of para-hydroxylation sites is 2. The molecule has 2 rings (SSSR count). The van der Waals surface area contributed by atoms with Crippen LogP contribution in [-0.4, -0.2) is 25.1 Å². The summed E-state index contributed by atoms with van der Waals surface area (Å²) >= 11 is 0. The lowest BCUT2D eigenvalue weighted by Gasteiger charge is -2.14. The van der Waals surface area contributed by atoms with E-state index in [0.717, 1.165) is 0 Å². The van der Waals surface area contributed by atoms with Crippen LogP contribution < -0.4 is 15.4 Å². The van der Waals surface area contributed by atoms with Crippen LogP contribution in [0.15, 0.2) is 48.5 Å². The number of anilines is 1. The standard InChI is InChI=1S/C17H15F3N2O3/c1-25-14-9-5-3-7-12(14)15(23)21-10-11-6-2-4-8-13(11)22-16(24)17(18,19)20/h2-9H,10H2,1H3,(H,21,23)(H,22,24). The first-order chi connectivity index (χ1) is 11.8. The number of rotatable bonds is 5. The largest absolute Gasteiger partial charge is 0.496 e. The van der Waals surface area contributed by atoms with Gasteiger partial charge in [-0.2, -0.15) is 13.2 Å². The summed E-state index contributed by atoms with van der Waals surface area (Å²) in [6.07, 6.45) is -4.99. The first-order valence-electron chi connectivity index (χ1n) is 7.20. The second-order valence-electron chi connectivity index (χ2n) is 4.99. The van der Waals surface area contributed by atoms with Crippen LogP contribution in [0.4, 0.5) is 18.9 Å². The summed E-state index contributed by atoms with van der Waals surface area (Å²) in [5, 5.41) is 4.39. The molecular weight excluding hydrogens is 337 g/mol. The summed E-state index contributed by atoms with van der Waals surface area (Å²) < 4.78 is 42.3. The molecule has 0 aliphatic heterocycles. The fourth-order valence-corrected chi connectivity index (χ4v) is 2.09. The highest BCUT2D eigenvalue weighted by Crippen LogP contribution is 2.21. The molecule has 2 amide bonds. The van der Waals surface area contributed by atoms with Crippen LogP contribution in [0.25, 0.3) is 0 Å². The Kier molecular flexibility index (Phi) is 5.63. The second-order valence-corrected chi connectivity index (χ2v) is 4.99. The summed E-state index contributed by atoms with van der Waals surface area (Å²) in [6.45, 7) is -0.0643. The number of carbonyl (C=O) groups excluding carboxylic acids is 2. The first kappa shape index (κ1) is 18.3. The molecule has 5 nitrogen and oxygen atoms in total. The van der Waals surface area contributed by atoms with E-state index < -0.39 is 18.0 Å². The van der Waals surface area contributed by atoms with E-state index in [1.54, 1.807) is 35.6 Å². The van der Waals surface area contributed by atoms with Crippen molar-refractivity contribution in [2.45, 2.75) is 12.7 Å². The molecule has 2 N–H and O–H groups in total. The molecular formula is C17H15F3N2O3. The van der Waals surface area contributed by atoms with Crippen LogP contribution in [0.5, 0.6) is 5.75 Å². The molecule has 0 aliphatic carbocycles. The van der Waals surface area contributed by atoms with Gasteiger partial charge in [-0.25, -0.2) is 0 Å². The Balaban J connectivity index is 2.11. The molecule has 0 bridgehead atoms. The highest BCUT2D eigenvalue weighted by atomic mass is 19.4. The first-order valence-corrected chi connectivity index (χ1v) is 7.20. The zero-order valence-electron chi connectivity index (χ0n) is 13.2. The van der Waals surface area contributed by atoms with Crippen LogP contribution in [0, 0.1) is 0 Å². The van der Waals surface area contributed by atoms with Crippen molar-refractivity contribution in [3.63, 3.8) is 0 Å². The second kappa shape index (κ2) is 7.69. The van der Waals surface area contributed by atoms with Crippen molar-refractivity contribution in [2.75, 3.05) is 12.4 Å². The van der Waals surface area contributed by atoms with Gasteiger partial charge >= 0.3 is 12.1 Å². The van der Waals surface area contributed by atoms with Gasteiger partial charge in [-0.05, 0) is 23.8 Å². The minimum atomic E-state index is -4.99. The normalized spacial score (nSPS) is 10.9. The van der Waals surface area contributed by atoms with E-state index >= 15 is 0 Å². The number of hydrogen-bond donors (Lipinski definition) is 2. The third-order valence-corrected chi connectivity index (χ3v) is 3.31. The Bertz CT molecular complexity index is 776. The minimum absolute atomic E-state index is 0.0230. The smallest absolute Gasteiger partial charge is 0.471 e. The van der Waals surface area contributed by atoms with Gasteiger partial charge in [-0.3, -0.25) is 9.59 Å². The molecule has 0 fully saturated rings. The van der Waals surface area contributed by atoms with E-state index in [4.69, 9.17) is 4.74 Å². The molecule has 0 radical (unpaired) electrons. The predicted octanol–water partition coefficient (Wildman–Crippen LogP) is 3.13. The number of halogens is 3. The molecule has 0 aliphatic rings. The number of ether oxygens (including phenoxy) is 1. The van der Waals surface area contributed by atoms with Gasteiger partial charge in [-0.1, -0.05) is 30.3 Å². The molecule has 0 aromatic heterocycles. The fraction of sp³-hybridized carbons (Fsp3) is 0.176. The van der Waals surface area contributed by atoms with Crippen molar-refractivity contribution >= 4 is 17.5 Å². The Morgan fingerprint density at radius 2 is 1.68 bits per heavy atom. The number of benzene rings is 2. The fourth-order valence-electron chi connectivity index (χ4n) is 2.09. The third kappa shape index (κ3) is 4.72. The highest BCUT2D eigenvalue weighted by molar-refractivity contribution is 5.97. The van der Waals surface area contributed by atoms with Gasteiger partial charge in [0.2, 0.25) is 0 Å². The van der Waals surface area contributed by atoms with Gasteiger partial charge in [0.15, 0.2) is 0 Å². The summed E-state index contributed by atoms with van der Waals surface area (Å²) in [4.78, 5) is 23.3. The molecule has 25 heavy (non-hydrogen) atoms. The van der Waals surface area contributed by atoms with Crippen LogP contribution in [0.3, 0.4) is 0 Å². The number of amides is 2.